The maximum atomic E-state index is 10.4. The Morgan fingerprint density at radius 2 is 2.29 bits per heavy atom. The molecule has 0 aromatic heterocycles. The molecule has 1 atom stereocenters. The van der Waals surface area contributed by atoms with Gasteiger partial charge in [0.2, 0.25) is 5.91 Å². The van der Waals surface area contributed by atoms with E-state index in [-0.39, 0.29) is 5.91 Å². The van der Waals surface area contributed by atoms with E-state index >= 15 is 0 Å². The number of rotatable bonds is 6. The highest BCUT2D eigenvalue weighted by Gasteiger charge is 2.11. The Morgan fingerprint density at radius 1 is 1.43 bits per heavy atom. The number of hydrogen-bond acceptors (Lipinski definition) is 3. The Hall–Kier alpha value is -0.610. The number of carbonyl (C=O) groups is 1. The van der Waals surface area contributed by atoms with Crippen LogP contribution in [-0.4, -0.2) is 31.7 Å². The van der Waals surface area contributed by atoms with Crippen LogP contribution in [0.3, 0.4) is 0 Å². The van der Waals surface area contributed by atoms with Crippen LogP contribution < -0.4 is 11.1 Å². The fraction of sp³-hybridized carbons (Fsp3) is 0.900. The van der Waals surface area contributed by atoms with E-state index in [1.54, 1.807) is 0 Å². The molecule has 0 spiro atoms. The van der Waals surface area contributed by atoms with Gasteiger partial charge in [0.25, 0.3) is 0 Å². The summed E-state index contributed by atoms with van der Waals surface area (Å²) < 4.78 is 5.31. The third-order valence-corrected chi connectivity index (χ3v) is 2.52. The molecule has 1 unspecified atom stereocenters. The molecule has 3 N–H and O–H groups in total. The zero-order valence-corrected chi connectivity index (χ0v) is 8.63. The van der Waals surface area contributed by atoms with Crippen LogP contribution in [-0.2, 0) is 9.53 Å². The Labute approximate surface area is 85.2 Å². The van der Waals surface area contributed by atoms with E-state index < -0.39 is 0 Å². The van der Waals surface area contributed by atoms with Crippen LogP contribution in [0.25, 0.3) is 0 Å². The number of ether oxygens (including phenoxy) is 1. The summed E-state index contributed by atoms with van der Waals surface area (Å²) in [6.45, 7) is 2.32. The minimum absolute atomic E-state index is 0.291. The minimum atomic E-state index is -0.291. The Bertz CT molecular complexity index is 168. The topological polar surface area (TPSA) is 64.4 Å². The minimum Gasteiger partial charge on any atom is -0.381 e. The Balaban J connectivity index is 1.90. The van der Waals surface area contributed by atoms with Crippen molar-refractivity contribution in [1.82, 2.24) is 5.32 Å². The van der Waals surface area contributed by atoms with Crippen molar-refractivity contribution in [3.05, 3.63) is 0 Å². The average Bonchev–Trinajstić information content (AvgIpc) is 2.18. The first-order valence-electron chi connectivity index (χ1n) is 5.38. The molecule has 1 heterocycles. The van der Waals surface area contributed by atoms with Gasteiger partial charge in [-0.25, -0.2) is 0 Å². The van der Waals surface area contributed by atoms with Crippen molar-refractivity contribution in [2.75, 3.05) is 19.8 Å². The predicted molar refractivity (Wildman–Crippen MR) is 54.9 cm³/mol. The first kappa shape index (κ1) is 11.5. The molecule has 0 bridgehead atoms. The molecule has 1 fully saturated rings. The Morgan fingerprint density at radius 3 is 2.93 bits per heavy atom. The van der Waals surface area contributed by atoms with Crippen molar-refractivity contribution in [2.45, 2.75) is 38.1 Å². The number of nitrogens with one attached hydrogen (secondary N) is 1. The van der Waals surface area contributed by atoms with Gasteiger partial charge >= 0.3 is 0 Å². The molecule has 1 aliphatic rings. The van der Waals surface area contributed by atoms with Gasteiger partial charge in [0, 0.05) is 19.1 Å². The summed E-state index contributed by atoms with van der Waals surface area (Å²) in [5.41, 5.74) is 4.99. The van der Waals surface area contributed by atoms with Gasteiger partial charge in [0.15, 0.2) is 0 Å². The van der Waals surface area contributed by atoms with Crippen LogP contribution >= 0.6 is 0 Å². The highest BCUT2D eigenvalue weighted by atomic mass is 16.5. The molecule has 1 amide bonds. The van der Waals surface area contributed by atoms with Crippen molar-refractivity contribution < 1.29 is 9.53 Å². The van der Waals surface area contributed by atoms with Crippen LogP contribution in [0.2, 0.25) is 0 Å². The molecule has 1 rings (SSSR count). The lowest BCUT2D eigenvalue weighted by Gasteiger charge is -2.23. The van der Waals surface area contributed by atoms with E-state index in [0.29, 0.717) is 19.1 Å². The van der Waals surface area contributed by atoms with Crippen molar-refractivity contribution >= 4 is 5.91 Å². The monoisotopic (exact) mass is 200 g/mol. The summed E-state index contributed by atoms with van der Waals surface area (Å²) in [5.74, 6) is -0.291. The van der Waals surface area contributed by atoms with Gasteiger partial charge < -0.3 is 15.8 Å². The second kappa shape index (κ2) is 6.79. The summed E-state index contributed by atoms with van der Waals surface area (Å²) in [4.78, 5) is 10.4. The standard InChI is InChI=1S/C10H20N2O2/c11-10(13)5-8-14-7-4-9-3-1-2-6-12-9/h9,12H,1-8H2,(H2,11,13). The molecule has 14 heavy (non-hydrogen) atoms. The second-order valence-corrected chi connectivity index (χ2v) is 3.76. The van der Waals surface area contributed by atoms with Gasteiger partial charge in [-0.1, -0.05) is 6.42 Å². The number of nitrogens with two attached hydrogens (primary N) is 1. The van der Waals surface area contributed by atoms with E-state index in [4.69, 9.17) is 10.5 Å². The van der Waals surface area contributed by atoms with Gasteiger partial charge in [-0.05, 0) is 25.8 Å². The average molecular weight is 200 g/mol. The largest absolute Gasteiger partial charge is 0.381 e. The van der Waals surface area contributed by atoms with Crippen molar-refractivity contribution in [2.24, 2.45) is 5.73 Å². The quantitative estimate of drug-likeness (QED) is 0.610. The maximum absolute atomic E-state index is 10.4. The van der Waals surface area contributed by atoms with Crippen LogP contribution in [0.15, 0.2) is 0 Å². The molecular formula is C10H20N2O2. The number of carbonyl (C=O) groups excluding carboxylic acids is 1. The van der Waals surface area contributed by atoms with Gasteiger partial charge in [-0.2, -0.15) is 0 Å². The highest BCUT2D eigenvalue weighted by molar-refractivity contribution is 5.73. The van der Waals surface area contributed by atoms with Crippen LogP contribution in [0.5, 0.6) is 0 Å². The first-order valence-corrected chi connectivity index (χ1v) is 5.38. The van der Waals surface area contributed by atoms with Crippen LogP contribution in [0, 0.1) is 0 Å². The van der Waals surface area contributed by atoms with E-state index in [2.05, 4.69) is 5.32 Å². The fourth-order valence-electron chi connectivity index (χ4n) is 1.67. The molecule has 0 radical (unpaired) electrons. The predicted octanol–water partition coefficient (Wildman–Crippen LogP) is 0.411. The lowest BCUT2D eigenvalue weighted by molar-refractivity contribution is -0.119. The third-order valence-electron chi connectivity index (χ3n) is 2.52. The smallest absolute Gasteiger partial charge is 0.219 e. The lowest BCUT2D eigenvalue weighted by atomic mass is 10.0. The first-order chi connectivity index (χ1) is 6.79. The molecule has 0 aromatic carbocycles. The third kappa shape index (κ3) is 5.19. The summed E-state index contributed by atoms with van der Waals surface area (Å²) in [7, 11) is 0. The SMILES string of the molecule is NC(=O)CCOCCC1CCCCN1. The van der Waals surface area contributed by atoms with Crippen molar-refractivity contribution in [1.29, 1.82) is 0 Å². The molecule has 0 aromatic rings. The van der Waals surface area contributed by atoms with Gasteiger partial charge in [-0.15, -0.1) is 0 Å². The van der Waals surface area contributed by atoms with Crippen molar-refractivity contribution in [3.63, 3.8) is 0 Å². The summed E-state index contributed by atoms with van der Waals surface area (Å²) in [5, 5.41) is 3.45. The molecule has 82 valence electrons. The number of piperidine rings is 1. The van der Waals surface area contributed by atoms with Crippen LogP contribution in [0.1, 0.15) is 32.1 Å². The van der Waals surface area contributed by atoms with Gasteiger partial charge in [0.05, 0.1) is 6.61 Å². The molecule has 4 nitrogen and oxygen atoms in total. The number of primary amides is 1. The summed E-state index contributed by atoms with van der Waals surface area (Å²) in [6, 6.07) is 0.609. The van der Waals surface area contributed by atoms with E-state index in [1.807, 2.05) is 0 Å². The zero-order valence-electron chi connectivity index (χ0n) is 8.63. The fourth-order valence-corrected chi connectivity index (χ4v) is 1.67. The molecular weight excluding hydrogens is 180 g/mol. The lowest BCUT2D eigenvalue weighted by Crippen LogP contribution is -2.34. The normalized spacial score (nSPS) is 22.1. The van der Waals surface area contributed by atoms with E-state index in [0.717, 1.165) is 19.6 Å². The van der Waals surface area contributed by atoms with Crippen LogP contribution in [0.4, 0.5) is 0 Å². The molecule has 4 heteroatoms. The van der Waals surface area contributed by atoms with Crippen molar-refractivity contribution in [3.8, 4) is 0 Å². The molecule has 0 saturated carbocycles. The van der Waals surface area contributed by atoms with E-state index in [9.17, 15) is 4.79 Å². The summed E-state index contributed by atoms with van der Waals surface area (Å²) >= 11 is 0. The second-order valence-electron chi connectivity index (χ2n) is 3.76. The summed E-state index contributed by atoms with van der Waals surface area (Å²) in [6.07, 6.45) is 5.23. The number of amides is 1. The molecule has 0 aliphatic carbocycles. The van der Waals surface area contributed by atoms with Gasteiger partial charge in [0.1, 0.15) is 0 Å². The van der Waals surface area contributed by atoms with Gasteiger partial charge in [-0.3, -0.25) is 4.79 Å². The Kier molecular flexibility index (Phi) is 5.56. The molecule has 1 saturated heterocycles. The number of hydrogen-bond donors (Lipinski definition) is 2. The highest BCUT2D eigenvalue weighted by Crippen LogP contribution is 2.09. The maximum Gasteiger partial charge on any atom is 0.219 e. The van der Waals surface area contributed by atoms with E-state index in [1.165, 1.54) is 19.3 Å². The zero-order chi connectivity index (χ0) is 10.2. The molecule has 1 aliphatic heterocycles.